The molecule has 0 aliphatic carbocycles. The number of aryl methyl sites for hydroxylation is 1. The van der Waals surface area contributed by atoms with Gasteiger partial charge in [0.2, 0.25) is 5.89 Å². The highest BCUT2D eigenvalue weighted by Gasteiger charge is 2.30. The number of nitrogens with one attached hydrogen (secondary N) is 1. The van der Waals surface area contributed by atoms with E-state index in [4.69, 9.17) is 20.8 Å². The maximum Gasteiger partial charge on any atom is 0.267 e. The van der Waals surface area contributed by atoms with E-state index in [0.717, 1.165) is 15.6 Å². The molecule has 0 bridgehead atoms. The van der Waals surface area contributed by atoms with Crippen LogP contribution < -0.4 is 10.1 Å². The first kappa shape index (κ1) is 21.4. The molecule has 0 radical (unpaired) electrons. The molecule has 158 valence electrons. The lowest BCUT2D eigenvalue weighted by molar-refractivity contribution is -0.128. The standard InChI is InChI=1S/C24H20BrClN2O3/c1-14-4-5-15(22-27-20-13-17(26)8-11-21(20)30-22)12-19(14)28-23(29)24(2,3)31-18-9-6-16(25)7-10-18/h4-13H,1-3H3,(H,28,29). The van der Waals surface area contributed by atoms with Crippen LogP contribution in [0.2, 0.25) is 5.02 Å². The second-order valence-corrected chi connectivity index (χ2v) is 9.03. The van der Waals surface area contributed by atoms with E-state index < -0.39 is 5.60 Å². The first-order valence-corrected chi connectivity index (χ1v) is 10.8. The van der Waals surface area contributed by atoms with Crippen LogP contribution >= 0.6 is 27.5 Å². The Morgan fingerprint density at radius 1 is 1.10 bits per heavy atom. The van der Waals surface area contributed by atoms with Gasteiger partial charge in [-0.2, -0.15) is 0 Å². The van der Waals surface area contributed by atoms with Crippen molar-refractivity contribution in [3.63, 3.8) is 0 Å². The van der Waals surface area contributed by atoms with Crippen molar-refractivity contribution >= 4 is 50.2 Å². The van der Waals surface area contributed by atoms with Crippen molar-refractivity contribution in [2.75, 3.05) is 5.32 Å². The summed E-state index contributed by atoms with van der Waals surface area (Å²) in [5.41, 5.74) is 2.57. The number of hydrogen-bond donors (Lipinski definition) is 1. The summed E-state index contributed by atoms with van der Waals surface area (Å²) < 4.78 is 12.7. The molecule has 4 aromatic rings. The Hall–Kier alpha value is -2.83. The number of rotatable bonds is 5. The number of anilines is 1. The fourth-order valence-electron chi connectivity index (χ4n) is 3.03. The first-order chi connectivity index (χ1) is 14.7. The molecule has 31 heavy (non-hydrogen) atoms. The van der Waals surface area contributed by atoms with Gasteiger partial charge in [-0.25, -0.2) is 4.98 Å². The number of hydrogen-bond acceptors (Lipinski definition) is 4. The third kappa shape index (κ3) is 4.75. The van der Waals surface area contributed by atoms with Gasteiger partial charge in [-0.15, -0.1) is 0 Å². The zero-order valence-corrected chi connectivity index (χ0v) is 19.5. The number of amides is 1. The SMILES string of the molecule is Cc1ccc(-c2nc3cc(Cl)ccc3o2)cc1NC(=O)C(C)(C)Oc1ccc(Br)cc1. The minimum atomic E-state index is -1.08. The molecule has 1 amide bonds. The fourth-order valence-corrected chi connectivity index (χ4v) is 3.46. The van der Waals surface area contributed by atoms with E-state index in [1.54, 1.807) is 32.0 Å². The van der Waals surface area contributed by atoms with E-state index in [9.17, 15) is 4.79 Å². The molecule has 7 heteroatoms. The van der Waals surface area contributed by atoms with Gasteiger partial charge in [0.25, 0.3) is 5.91 Å². The molecule has 0 aliphatic rings. The van der Waals surface area contributed by atoms with Crippen LogP contribution in [-0.2, 0) is 4.79 Å². The number of carbonyl (C=O) groups excluding carboxylic acids is 1. The molecule has 0 fully saturated rings. The summed E-state index contributed by atoms with van der Waals surface area (Å²) >= 11 is 9.43. The van der Waals surface area contributed by atoms with Crippen molar-refractivity contribution in [1.82, 2.24) is 4.98 Å². The number of halogens is 2. The molecular formula is C24H20BrClN2O3. The predicted octanol–water partition coefficient (Wildman–Crippen LogP) is 7.02. The van der Waals surface area contributed by atoms with Gasteiger partial charge in [-0.3, -0.25) is 4.79 Å². The molecule has 0 unspecified atom stereocenters. The van der Waals surface area contributed by atoms with Gasteiger partial charge in [-0.05, 0) is 80.9 Å². The molecule has 1 heterocycles. The molecular weight excluding hydrogens is 480 g/mol. The number of benzene rings is 3. The van der Waals surface area contributed by atoms with Crippen molar-refractivity contribution in [2.24, 2.45) is 0 Å². The molecule has 1 aromatic heterocycles. The Balaban J connectivity index is 1.57. The summed E-state index contributed by atoms with van der Waals surface area (Å²) in [7, 11) is 0. The maximum atomic E-state index is 13.0. The van der Waals surface area contributed by atoms with Crippen LogP contribution in [0.25, 0.3) is 22.6 Å². The summed E-state index contributed by atoms with van der Waals surface area (Å²) in [6, 6.07) is 18.3. The number of ether oxygens (including phenoxy) is 1. The monoisotopic (exact) mass is 498 g/mol. The van der Waals surface area contributed by atoms with Crippen LogP contribution in [-0.4, -0.2) is 16.5 Å². The number of aromatic nitrogens is 1. The zero-order chi connectivity index (χ0) is 22.2. The second kappa shape index (κ2) is 8.36. The van der Waals surface area contributed by atoms with Gasteiger partial charge < -0.3 is 14.5 Å². The van der Waals surface area contributed by atoms with E-state index in [2.05, 4.69) is 26.2 Å². The van der Waals surface area contributed by atoms with Crippen LogP contribution in [0.4, 0.5) is 5.69 Å². The molecule has 0 spiro atoms. The second-order valence-electron chi connectivity index (χ2n) is 7.68. The summed E-state index contributed by atoms with van der Waals surface area (Å²) in [4.78, 5) is 17.5. The van der Waals surface area contributed by atoms with Gasteiger partial charge in [0.15, 0.2) is 11.2 Å². The van der Waals surface area contributed by atoms with E-state index in [1.165, 1.54) is 0 Å². The highest BCUT2D eigenvalue weighted by Crippen LogP contribution is 2.30. The zero-order valence-electron chi connectivity index (χ0n) is 17.2. The summed E-state index contributed by atoms with van der Waals surface area (Å²) in [6.45, 7) is 5.38. The van der Waals surface area contributed by atoms with Gasteiger partial charge in [0.05, 0.1) is 0 Å². The van der Waals surface area contributed by atoms with Crippen molar-refractivity contribution in [3.8, 4) is 17.2 Å². The van der Waals surface area contributed by atoms with Crippen molar-refractivity contribution in [1.29, 1.82) is 0 Å². The molecule has 0 saturated heterocycles. The first-order valence-electron chi connectivity index (χ1n) is 9.64. The van der Waals surface area contributed by atoms with Crippen molar-refractivity contribution < 1.29 is 13.9 Å². The Kier molecular flexibility index (Phi) is 5.77. The summed E-state index contributed by atoms with van der Waals surface area (Å²) in [5, 5.41) is 3.57. The Labute approximate surface area is 193 Å². The lowest BCUT2D eigenvalue weighted by Crippen LogP contribution is -2.42. The Bertz CT molecular complexity index is 1270. The van der Waals surface area contributed by atoms with E-state index in [0.29, 0.717) is 33.4 Å². The normalized spacial score (nSPS) is 11.5. The fraction of sp³-hybridized carbons (Fsp3) is 0.167. The average Bonchev–Trinajstić information content (AvgIpc) is 3.14. The smallest absolute Gasteiger partial charge is 0.267 e. The summed E-state index contributed by atoms with van der Waals surface area (Å²) in [5.74, 6) is 0.803. The number of carbonyl (C=O) groups is 1. The van der Waals surface area contributed by atoms with E-state index in [1.807, 2.05) is 49.4 Å². The lowest BCUT2D eigenvalue weighted by Gasteiger charge is -2.26. The number of oxazole rings is 1. The van der Waals surface area contributed by atoms with Crippen LogP contribution in [0.1, 0.15) is 19.4 Å². The van der Waals surface area contributed by atoms with Crippen LogP contribution in [0.5, 0.6) is 5.75 Å². The molecule has 0 saturated carbocycles. The lowest BCUT2D eigenvalue weighted by atomic mass is 10.1. The van der Waals surface area contributed by atoms with Crippen molar-refractivity contribution in [2.45, 2.75) is 26.4 Å². The van der Waals surface area contributed by atoms with Gasteiger partial charge in [-0.1, -0.05) is 33.6 Å². The van der Waals surface area contributed by atoms with Crippen LogP contribution in [0.3, 0.4) is 0 Å². The molecule has 0 aliphatic heterocycles. The Morgan fingerprint density at radius 3 is 2.58 bits per heavy atom. The van der Waals surface area contributed by atoms with Gasteiger partial charge in [0.1, 0.15) is 11.3 Å². The quantitative estimate of drug-likeness (QED) is 0.320. The average molecular weight is 500 g/mol. The molecule has 0 atom stereocenters. The number of nitrogens with zero attached hydrogens (tertiary/aromatic N) is 1. The Morgan fingerprint density at radius 2 is 1.84 bits per heavy atom. The largest absolute Gasteiger partial charge is 0.478 e. The topological polar surface area (TPSA) is 64.4 Å². The van der Waals surface area contributed by atoms with Crippen LogP contribution in [0, 0.1) is 6.92 Å². The molecule has 4 rings (SSSR count). The third-order valence-corrected chi connectivity index (χ3v) is 5.58. The minimum Gasteiger partial charge on any atom is -0.478 e. The maximum absolute atomic E-state index is 13.0. The summed E-state index contributed by atoms with van der Waals surface area (Å²) in [6.07, 6.45) is 0. The van der Waals surface area contributed by atoms with Gasteiger partial charge >= 0.3 is 0 Å². The third-order valence-electron chi connectivity index (χ3n) is 4.82. The minimum absolute atomic E-state index is 0.264. The predicted molar refractivity (Wildman–Crippen MR) is 127 cm³/mol. The van der Waals surface area contributed by atoms with Crippen molar-refractivity contribution in [3.05, 3.63) is 75.7 Å². The van der Waals surface area contributed by atoms with E-state index >= 15 is 0 Å². The highest BCUT2D eigenvalue weighted by atomic mass is 79.9. The molecule has 3 aromatic carbocycles. The van der Waals surface area contributed by atoms with Crippen LogP contribution in [0.15, 0.2) is 69.6 Å². The molecule has 1 N–H and O–H groups in total. The van der Waals surface area contributed by atoms with E-state index in [-0.39, 0.29) is 5.91 Å². The van der Waals surface area contributed by atoms with Gasteiger partial charge in [0, 0.05) is 20.7 Å². The highest BCUT2D eigenvalue weighted by molar-refractivity contribution is 9.10. The number of fused-ring (bicyclic) bond motifs is 1. The molecule has 5 nitrogen and oxygen atoms in total.